The number of nitrogens with one attached hydrogen (secondary N) is 1. The molecule has 0 bridgehead atoms. The number of methoxy groups -OCH3 is 1. The fraction of sp³-hybridized carbons (Fsp3) is 0.478. The van der Waals surface area contributed by atoms with Gasteiger partial charge in [0.05, 0.1) is 18.5 Å². The minimum atomic E-state index is -0.679. The number of hydrogen-bond acceptors (Lipinski definition) is 7. The van der Waals surface area contributed by atoms with E-state index in [0.717, 1.165) is 35.2 Å². The minimum absolute atomic E-state index is 0.0564. The van der Waals surface area contributed by atoms with E-state index >= 15 is 0 Å². The maximum absolute atomic E-state index is 12.8. The number of aromatic nitrogens is 2. The predicted molar refractivity (Wildman–Crippen MR) is 122 cm³/mol. The van der Waals surface area contributed by atoms with Crippen LogP contribution >= 0.6 is 11.3 Å². The van der Waals surface area contributed by atoms with E-state index in [1.807, 2.05) is 35.2 Å². The molecule has 8 heteroatoms. The lowest BCUT2D eigenvalue weighted by Crippen LogP contribution is -2.38. The molecular weight excluding hydrogens is 414 g/mol. The second-order valence-corrected chi connectivity index (χ2v) is 8.99. The third kappa shape index (κ3) is 5.51. The standard InChI is InChI=1S/C23H29N3O4S/c1-29-12-11-26(13-16(27)15-30-17-7-3-2-4-8-17)14-20-24-22(28)21-18-9-5-6-10-19(18)31-23(21)25-20/h2-4,7-8,16,27H,5-6,9-15H2,1H3,(H,24,25,28)/t16-/m1/s1. The summed E-state index contributed by atoms with van der Waals surface area (Å²) in [6.07, 6.45) is 3.64. The molecule has 0 saturated heterocycles. The van der Waals surface area contributed by atoms with Crippen LogP contribution in [0.3, 0.4) is 0 Å². The third-order valence-corrected chi connectivity index (χ3v) is 6.70. The Balaban J connectivity index is 1.45. The molecule has 1 aliphatic rings. The van der Waals surface area contributed by atoms with Crippen molar-refractivity contribution in [3.8, 4) is 5.75 Å². The number of aromatic amines is 1. The Morgan fingerprint density at radius 2 is 2.06 bits per heavy atom. The average molecular weight is 444 g/mol. The number of para-hydroxylation sites is 1. The average Bonchev–Trinajstić information content (AvgIpc) is 3.15. The molecular formula is C23H29N3O4S. The van der Waals surface area contributed by atoms with Crippen molar-refractivity contribution in [3.63, 3.8) is 0 Å². The number of aliphatic hydroxyl groups is 1. The Bertz CT molecular complexity index is 1050. The van der Waals surface area contributed by atoms with Gasteiger partial charge in [0.2, 0.25) is 0 Å². The molecule has 1 atom stereocenters. The first-order chi connectivity index (χ1) is 15.1. The van der Waals surface area contributed by atoms with Gasteiger partial charge in [0.1, 0.15) is 29.1 Å². The summed E-state index contributed by atoms with van der Waals surface area (Å²) in [7, 11) is 1.65. The first-order valence-electron chi connectivity index (χ1n) is 10.7. The largest absolute Gasteiger partial charge is 0.491 e. The second kappa shape index (κ2) is 10.4. The van der Waals surface area contributed by atoms with E-state index in [1.54, 1.807) is 18.4 Å². The Kier molecular flexibility index (Phi) is 7.34. The molecule has 0 amide bonds. The highest BCUT2D eigenvalue weighted by Crippen LogP contribution is 2.33. The smallest absolute Gasteiger partial charge is 0.259 e. The van der Waals surface area contributed by atoms with Crippen molar-refractivity contribution in [2.75, 3.05) is 33.4 Å². The Morgan fingerprint density at radius 1 is 1.26 bits per heavy atom. The van der Waals surface area contributed by atoms with Crippen LogP contribution in [0.25, 0.3) is 10.2 Å². The SMILES string of the molecule is COCCN(Cc1nc2sc3c(c2c(=O)[nH]1)CCCC3)C[C@@H](O)COc1ccccc1. The molecule has 0 spiro atoms. The van der Waals surface area contributed by atoms with Gasteiger partial charge in [0, 0.05) is 25.1 Å². The van der Waals surface area contributed by atoms with E-state index in [2.05, 4.69) is 4.98 Å². The van der Waals surface area contributed by atoms with E-state index in [4.69, 9.17) is 14.5 Å². The first-order valence-corrected chi connectivity index (χ1v) is 11.6. The molecule has 3 aromatic rings. The summed E-state index contributed by atoms with van der Waals surface area (Å²) in [6.45, 7) is 2.14. The number of thiophene rings is 1. The number of nitrogens with zero attached hydrogens (tertiary/aromatic N) is 2. The van der Waals surface area contributed by atoms with E-state index < -0.39 is 6.10 Å². The molecule has 0 unspecified atom stereocenters. The summed E-state index contributed by atoms with van der Waals surface area (Å²) in [5.74, 6) is 1.34. The molecule has 1 aromatic carbocycles. The number of rotatable bonds is 10. The quantitative estimate of drug-likeness (QED) is 0.501. The van der Waals surface area contributed by atoms with Crippen molar-refractivity contribution in [2.45, 2.75) is 38.3 Å². The van der Waals surface area contributed by atoms with Gasteiger partial charge in [-0.2, -0.15) is 0 Å². The molecule has 0 aliphatic heterocycles. The third-order valence-electron chi connectivity index (χ3n) is 5.51. The summed E-state index contributed by atoms with van der Waals surface area (Å²) >= 11 is 1.65. The highest BCUT2D eigenvalue weighted by Gasteiger charge is 2.21. The van der Waals surface area contributed by atoms with Gasteiger partial charge in [-0.25, -0.2) is 4.98 Å². The number of H-pyrrole nitrogens is 1. The lowest BCUT2D eigenvalue weighted by molar-refractivity contribution is 0.0533. The maximum atomic E-state index is 12.8. The van der Waals surface area contributed by atoms with Crippen molar-refractivity contribution < 1.29 is 14.6 Å². The zero-order valence-corrected chi connectivity index (χ0v) is 18.6. The minimum Gasteiger partial charge on any atom is -0.491 e. The number of benzene rings is 1. The Labute approximate surface area is 185 Å². The molecule has 0 fully saturated rings. The fourth-order valence-electron chi connectivity index (χ4n) is 4.01. The van der Waals surface area contributed by atoms with Gasteiger partial charge in [-0.15, -0.1) is 11.3 Å². The number of aryl methyl sites for hydroxylation is 2. The maximum Gasteiger partial charge on any atom is 0.259 e. The summed E-state index contributed by atoms with van der Waals surface area (Å²) < 4.78 is 10.9. The van der Waals surface area contributed by atoms with Crippen LogP contribution < -0.4 is 10.3 Å². The van der Waals surface area contributed by atoms with E-state index in [1.165, 1.54) is 16.9 Å². The Hall–Kier alpha value is -2.26. The lowest BCUT2D eigenvalue weighted by Gasteiger charge is -2.24. The molecule has 0 saturated carbocycles. The molecule has 4 rings (SSSR count). The normalized spacial score (nSPS) is 14.7. The molecule has 0 radical (unpaired) electrons. The molecule has 166 valence electrons. The molecule has 7 nitrogen and oxygen atoms in total. The van der Waals surface area contributed by atoms with Crippen LogP contribution in [0, 0.1) is 0 Å². The van der Waals surface area contributed by atoms with Gasteiger partial charge < -0.3 is 19.6 Å². The van der Waals surface area contributed by atoms with Crippen molar-refractivity contribution in [1.82, 2.24) is 14.9 Å². The van der Waals surface area contributed by atoms with E-state index in [9.17, 15) is 9.90 Å². The van der Waals surface area contributed by atoms with Crippen molar-refractivity contribution >= 4 is 21.6 Å². The lowest BCUT2D eigenvalue weighted by atomic mass is 9.97. The van der Waals surface area contributed by atoms with Crippen molar-refractivity contribution in [1.29, 1.82) is 0 Å². The first kappa shape index (κ1) is 22.0. The van der Waals surface area contributed by atoms with Gasteiger partial charge in [-0.1, -0.05) is 18.2 Å². The van der Waals surface area contributed by atoms with Crippen LogP contribution in [0.15, 0.2) is 35.1 Å². The van der Waals surface area contributed by atoms with Crippen LogP contribution in [0.1, 0.15) is 29.1 Å². The van der Waals surface area contributed by atoms with Crippen LogP contribution in [0.5, 0.6) is 5.75 Å². The zero-order valence-electron chi connectivity index (χ0n) is 17.8. The highest BCUT2D eigenvalue weighted by molar-refractivity contribution is 7.18. The number of hydrogen-bond donors (Lipinski definition) is 2. The van der Waals surface area contributed by atoms with Crippen LogP contribution in [0.4, 0.5) is 0 Å². The summed E-state index contributed by atoms with van der Waals surface area (Å²) in [5.41, 5.74) is 1.13. The number of ether oxygens (including phenoxy) is 2. The zero-order chi connectivity index (χ0) is 21.6. The molecule has 2 heterocycles. The van der Waals surface area contributed by atoms with E-state index in [-0.39, 0.29) is 12.2 Å². The molecule has 1 aliphatic carbocycles. The molecule has 31 heavy (non-hydrogen) atoms. The fourth-order valence-corrected chi connectivity index (χ4v) is 5.29. The van der Waals surface area contributed by atoms with Gasteiger partial charge in [0.15, 0.2) is 0 Å². The van der Waals surface area contributed by atoms with Crippen LogP contribution in [-0.2, 0) is 24.1 Å². The number of fused-ring (bicyclic) bond motifs is 3. The summed E-state index contributed by atoms with van der Waals surface area (Å²) in [6, 6.07) is 9.44. The highest BCUT2D eigenvalue weighted by atomic mass is 32.1. The Morgan fingerprint density at radius 3 is 2.87 bits per heavy atom. The van der Waals surface area contributed by atoms with Gasteiger partial charge in [0.25, 0.3) is 5.56 Å². The second-order valence-electron chi connectivity index (χ2n) is 7.91. The monoisotopic (exact) mass is 443 g/mol. The molecule has 2 aromatic heterocycles. The molecule has 2 N–H and O–H groups in total. The van der Waals surface area contributed by atoms with E-state index in [0.29, 0.717) is 32.1 Å². The van der Waals surface area contributed by atoms with Crippen molar-refractivity contribution in [3.05, 3.63) is 57.0 Å². The predicted octanol–water partition coefficient (Wildman–Crippen LogP) is 2.75. The van der Waals surface area contributed by atoms with Crippen molar-refractivity contribution in [2.24, 2.45) is 0 Å². The van der Waals surface area contributed by atoms with Crippen LogP contribution in [0.2, 0.25) is 0 Å². The summed E-state index contributed by atoms with van der Waals surface area (Å²) in [4.78, 5) is 24.7. The van der Waals surface area contributed by atoms with Gasteiger partial charge in [-0.05, 0) is 43.4 Å². The summed E-state index contributed by atoms with van der Waals surface area (Å²) in [5, 5.41) is 11.3. The number of aliphatic hydroxyl groups excluding tert-OH is 1. The topological polar surface area (TPSA) is 87.7 Å². The van der Waals surface area contributed by atoms with Crippen LogP contribution in [-0.4, -0.2) is 59.5 Å². The van der Waals surface area contributed by atoms with Gasteiger partial charge >= 0.3 is 0 Å². The van der Waals surface area contributed by atoms with Gasteiger partial charge in [-0.3, -0.25) is 9.69 Å².